The van der Waals surface area contributed by atoms with E-state index in [0.717, 1.165) is 69.0 Å². The number of esters is 1. The topological polar surface area (TPSA) is 90.5 Å². The summed E-state index contributed by atoms with van der Waals surface area (Å²) in [5, 5.41) is 9.63. The van der Waals surface area contributed by atoms with Gasteiger partial charge in [-0.3, -0.25) is 19.1 Å². The number of rotatable bonds is 8. The van der Waals surface area contributed by atoms with Crippen molar-refractivity contribution in [1.82, 2.24) is 9.36 Å². The fourth-order valence-electron chi connectivity index (χ4n) is 13.8. The predicted molar refractivity (Wildman–Crippen MR) is 209 cm³/mol. The molecule has 296 valence electrons. The molecule has 0 unspecified atom stereocenters. The number of halogens is 1. The molecule has 2 aromatic rings. The molecule has 8 atom stereocenters. The van der Waals surface area contributed by atoms with E-state index in [0.29, 0.717) is 30.2 Å². The average molecular weight is 745 g/mol. The average Bonchev–Trinajstić information content (AvgIpc) is 3.61. The van der Waals surface area contributed by atoms with Crippen LogP contribution in [0.5, 0.6) is 0 Å². The first-order chi connectivity index (χ1) is 25.1. The number of aromatic nitrogens is 2. The second-order valence-electron chi connectivity index (χ2n) is 20.6. The number of benzene rings is 1. The van der Waals surface area contributed by atoms with E-state index in [-0.39, 0.29) is 51.0 Å². The number of fused-ring (bicyclic) bond motifs is 7. The highest BCUT2D eigenvalue weighted by Gasteiger charge is 2.70. The normalized spacial score (nSPS) is 35.9. The first-order valence-corrected chi connectivity index (χ1v) is 20.8. The monoisotopic (exact) mass is 744 g/mol. The summed E-state index contributed by atoms with van der Waals surface area (Å²) in [5.41, 5.74) is 4.14. The second kappa shape index (κ2) is 12.9. The number of aliphatic carboxylic acids is 1. The van der Waals surface area contributed by atoms with E-state index >= 15 is 0 Å². The van der Waals surface area contributed by atoms with Gasteiger partial charge in [0.1, 0.15) is 11.9 Å². The summed E-state index contributed by atoms with van der Waals surface area (Å²) >= 11 is 0. The fraction of sp³-hybridized carbons (Fsp3) is 0.717. The third-order valence-corrected chi connectivity index (χ3v) is 17.0. The van der Waals surface area contributed by atoms with Crippen LogP contribution < -0.4 is 5.56 Å². The van der Waals surface area contributed by atoms with Crippen molar-refractivity contribution in [2.75, 3.05) is 0 Å². The maximum Gasteiger partial charge on any atom is 0.309 e. The number of carboxylic acids is 1. The van der Waals surface area contributed by atoms with Crippen molar-refractivity contribution in [1.29, 1.82) is 0 Å². The molecule has 0 spiro atoms. The van der Waals surface area contributed by atoms with E-state index in [1.54, 1.807) is 37.1 Å². The number of carbonyl (C=O) groups is 2. The van der Waals surface area contributed by atoms with E-state index in [1.807, 2.05) is 10.7 Å². The number of hydrogen-bond donors (Lipinski definition) is 1. The number of ether oxygens (including phenoxy) is 1. The Bertz CT molecular complexity index is 1920. The molecule has 0 amide bonds. The molecule has 4 saturated carbocycles. The van der Waals surface area contributed by atoms with Crippen molar-refractivity contribution in [2.24, 2.45) is 57.8 Å². The molecule has 7 nitrogen and oxygen atoms in total. The molecular weight excluding hydrogens is 680 g/mol. The van der Waals surface area contributed by atoms with Gasteiger partial charge in [-0.15, -0.1) is 0 Å². The lowest BCUT2D eigenvalue weighted by atomic mass is 9.33. The fourth-order valence-corrected chi connectivity index (χ4v) is 13.8. The van der Waals surface area contributed by atoms with Gasteiger partial charge in [-0.25, -0.2) is 9.07 Å². The SMILES string of the molecule is CC(C)C1=C2[C@H]3CC[C@@H]4[C@@]5(C)CC[C@H](OC(=O)CC(C)(C)C(=O)O)C(C)(C)[C@@H]5CC[C@@]4(C)[C@]3(C)CC[C@@]2(c2cc(=O)n(Cc3ccc(F)cc3)n2C)CC1. The van der Waals surface area contributed by atoms with Crippen LogP contribution in [0.1, 0.15) is 144 Å². The quantitative estimate of drug-likeness (QED) is 0.215. The third-order valence-electron chi connectivity index (χ3n) is 17.0. The van der Waals surface area contributed by atoms with Crippen LogP contribution in [0, 0.1) is 56.6 Å². The van der Waals surface area contributed by atoms with Crippen molar-refractivity contribution in [2.45, 2.75) is 151 Å². The van der Waals surface area contributed by atoms with Gasteiger partial charge in [0.15, 0.2) is 0 Å². The molecular formula is C46H65FN2O5. The maximum atomic E-state index is 13.8. The number of allylic oxidation sites excluding steroid dienone is 2. The van der Waals surface area contributed by atoms with Gasteiger partial charge in [-0.2, -0.15) is 0 Å². The Balaban J connectivity index is 1.20. The van der Waals surface area contributed by atoms with Crippen LogP contribution in [0.25, 0.3) is 0 Å². The highest BCUT2D eigenvalue weighted by molar-refractivity contribution is 5.81. The Labute approximate surface area is 322 Å². The molecule has 54 heavy (non-hydrogen) atoms. The van der Waals surface area contributed by atoms with Crippen LogP contribution >= 0.6 is 0 Å². The highest BCUT2D eigenvalue weighted by Crippen LogP contribution is 2.77. The molecule has 8 heteroatoms. The van der Waals surface area contributed by atoms with Crippen molar-refractivity contribution >= 4 is 11.9 Å². The van der Waals surface area contributed by atoms with Crippen LogP contribution in [0.3, 0.4) is 0 Å². The lowest BCUT2D eigenvalue weighted by Gasteiger charge is -2.72. The zero-order valence-corrected chi connectivity index (χ0v) is 34.6. The highest BCUT2D eigenvalue weighted by atomic mass is 19.1. The van der Waals surface area contributed by atoms with E-state index in [1.165, 1.54) is 18.6 Å². The first kappa shape index (κ1) is 39.1. The zero-order valence-electron chi connectivity index (χ0n) is 34.6. The van der Waals surface area contributed by atoms with Gasteiger partial charge in [0, 0.05) is 23.9 Å². The molecule has 0 saturated heterocycles. The van der Waals surface area contributed by atoms with Gasteiger partial charge in [-0.1, -0.05) is 71.7 Å². The molecule has 5 aliphatic rings. The lowest BCUT2D eigenvalue weighted by molar-refractivity contribution is -0.232. The summed E-state index contributed by atoms with van der Waals surface area (Å²) in [7, 11) is 2.05. The third kappa shape index (κ3) is 5.64. The van der Waals surface area contributed by atoms with Crippen LogP contribution in [-0.2, 0) is 33.3 Å². The maximum absolute atomic E-state index is 13.8. The molecule has 5 aliphatic carbocycles. The van der Waals surface area contributed by atoms with Crippen molar-refractivity contribution in [3.63, 3.8) is 0 Å². The van der Waals surface area contributed by atoms with E-state index < -0.39 is 17.4 Å². The minimum atomic E-state index is -1.16. The number of nitrogens with zero attached hydrogens (tertiary/aromatic N) is 2. The smallest absolute Gasteiger partial charge is 0.309 e. The Kier molecular flexibility index (Phi) is 9.37. The molecule has 0 bridgehead atoms. The largest absolute Gasteiger partial charge is 0.481 e. The Hall–Kier alpha value is -3.16. The van der Waals surface area contributed by atoms with E-state index in [2.05, 4.69) is 60.2 Å². The number of carboxylic acid groups (broad SMARTS) is 1. The Morgan fingerprint density at radius 1 is 0.926 bits per heavy atom. The molecule has 0 radical (unpaired) electrons. The van der Waals surface area contributed by atoms with Gasteiger partial charge in [0.05, 0.1) is 24.1 Å². The summed E-state index contributed by atoms with van der Waals surface area (Å²) in [4.78, 5) is 38.7. The van der Waals surface area contributed by atoms with Crippen LogP contribution in [0.15, 0.2) is 46.3 Å². The minimum Gasteiger partial charge on any atom is -0.481 e. The van der Waals surface area contributed by atoms with Crippen LogP contribution in [-0.4, -0.2) is 32.5 Å². The summed E-state index contributed by atoms with van der Waals surface area (Å²) < 4.78 is 23.9. The summed E-state index contributed by atoms with van der Waals surface area (Å²) in [6, 6.07) is 8.40. The Morgan fingerprint density at radius 3 is 2.26 bits per heavy atom. The molecule has 4 fully saturated rings. The first-order valence-electron chi connectivity index (χ1n) is 20.8. The molecule has 1 N–H and O–H groups in total. The van der Waals surface area contributed by atoms with Gasteiger partial charge in [0.2, 0.25) is 0 Å². The van der Waals surface area contributed by atoms with Crippen molar-refractivity contribution < 1.29 is 23.8 Å². The lowest BCUT2D eigenvalue weighted by Crippen LogP contribution is -2.66. The van der Waals surface area contributed by atoms with Gasteiger partial charge >= 0.3 is 11.9 Å². The summed E-state index contributed by atoms with van der Waals surface area (Å²) in [6.07, 6.45) is 10.3. The molecule has 1 heterocycles. The van der Waals surface area contributed by atoms with E-state index in [9.17, 15) is 23.9 Å². The molecule has 7 rings (SSSR count). The molecule has 1 aromatic carbocycles. The van der Waals surface area contributed by atoms with Crippen molar-refractivity contribution in [3.05, 3.63) is 68.9 Å². The van der Waals surface area contributed by atoms with Gasteiger partial charge in [-0.05, 0) is 136 Å². The summed E-state index contributed by atoms with van der Waals surface area (Å²) in [5.74, 6) is 0.183. The number of carbonyl (C=O) groups excluding carboxylic acids is 1. The standard InChI is InChI=1S/C46H65FN2O5/c1-28(2)31-17-22-46(35-25-37(50)49(48(35)10)27-29-11-13-30(47)14-12-29)24-23-44(8)32(39(31)46)15-16-34-43(7)20-19-36(54-38(51)26-41(3,4)40(52)53)42(5,6)33(43)18-21-45(34,44)9/h11-14,25,28,32-34,36H,15-24,26-27H2,1-10H3,(H,52,53)/t32-,33+,34-,36+,43+,44-,45-,46-/m1/s1. The zero-order chi connectivity index (χ0) is 39.4. The molecule has 0 aliphatic heterocycles. The van der Waals surface area contributed by atoms with Gasteiger partial charge in [0.25, 0.3) is 5.56 Å². The van der Waals surface area contributed by atoms with Gasteiger partial charge < -0.3 is 9.84 Å². The minimum absolute atomic E-state index is 0.00768. The van der Waals surface area contributed by atoms with E-state index in [4.69, 9.17) is 4.74 Å². The Morgan fingerprint density at radius 2 is 1.61 bits per heavy atom. The van der Waals surface area contributed by atoms with Crippen LogP contribution in [0.4, 0.5) is 4.39 Å². The summed E-state index contributed by atoms with van der Waals surface area (Å²) in [6.45, 7) is 20.7. The number of hydrogen-bond acceptors (Lipinski definition) is 4. The van der Waals surface area contributed by atoms with Crippen LogP contribution in [0.2, 0.25) is 0 Å². The predicted octanol–water partition coefficient (Wildman–Crippen LogP) is 9.84. The second-order valence-corrected chi connectivity index (χ2v) is 20.6. The molecule has 1 aromatic heterocycles. The van der Waals surface area contributed by atoms with Crippen molar-refractivity contribution in [3.8, 4) is 0 Å².